The van der Waals surface area contributed by atoms with Crippen LogP contribution < -0.4 is 0 Å². The second-order valence-electron chi connectivity index (χ2n) is 3.33. The Balaban J connectivity index is 2.99. The summed E-state index contributed by atoms with van der Waals surface area (Å²) in [6.45, 7) is 8.32. The van der Waals surface area contributed by atoms with Crippen molar-refractivity contribution in [1.29, 1.82) is 0 Å². The predicted octanol–water partition coefficient (Wildman–Crippen LogP) is 4.40. The molecule has 0 atom stereocenters. The van der Waals surface area contributed by atoms with E-state index in [9.17, 15) is 0 Å². The average molecular weight is 260 g/mol. The Bertz CT molecular complexity index is 364. The monoisotopic (exact) mass is 259 g/mol. The smallest absolute Gasteiger partial charge is 0.205 e. The van der Waals surface area contributed by atoms with Crippen LogP contribution in [-0.2, 0) is 11.0 Å². The molecule has 15 heavy (non-hydrogen) atoms. The zero-order valence-corrected chi connectivity index (χ0v) is 11.3. The Labute approximate surface area is 102 Å². The third-order valence-corrected chi connectivity index (χ3v) is 3.46. The van der Waals surface area contributed by atoms with Crippen LogP contribution in [0.5, 0.6) is 0 Å². The van der Waals surface area contributed by atoms with Gasteiger partial charge >= 0.3 is 0 Å². The van der Waals surface area contributed by atoms with Crippen LogP contribution in [0.1, 0.15) is 11.1 Å². The molecule has 1 rings (SSSR count). The topological polar surface area (TPSA) is 9.23 Å². The molecule has 0 bridgehead atoms. The van der Waals surface area contributed by atoms with Crippen LogP contribution in [0.4, 0.5) is 0 Å². The summed E-state index contributed by atoms with van der Waals surface area (Å²) in [6, 6.07) is 3.67. The normalized spacial score (nSPS) is 10.7. The summed E-state index contributed by atoms with van der Waals surface area (Å²) in [7, 11) is -0.728. The molecule has 81 valence electrons. The van der Waals surface area contributed by atoms with Crippen LogP contribution in [0.25, 0.3) is 6.08 Å². The minimum Gasteiger partial charge on any atom is -0.413 e. The average Bonchev–Trinajstić information content (AvgIpc) is 2.17. The molecule has 0 saturated heterocycles. The first-order valence-electron chi connectivity index (χ1n) is 4.58. The molecular weight excluding hydrogens is 247 g/mol. The van der Waals surface area contributed by atoms with Gasteiger partial charge in [0.25, 0.3) is 0 Å². The lowest BCUT2D eigenvalue weighted by molar-refractivity contribution is 0.315. The second kappa shape index (κ2) is 5.71. The first kappa shape index (κ1) is 12.8. The van der Waals surface area contributed by atoms with Gasteiger partial charge in [-0.05, 0) is 24.7 Å². The van der Waals surface area contributed by atoms with Gasteiger partial charge in [-0.2, -0.15) is 0 Å². The summed E-state index contributed by atoms with van der Waals surface area (Å²) in [5.74, 6) is 0. The molecule has 0 aliphatic rings. The van der Waals surface area contributed by atoms with Crippen molar-refractivity contribution in [2.75, 3.05) is 0 Å². The zero-order chi connectivity index (χ0) is 11.4. The van der Waals surface area contributed by atoms with Crippen LogP contribution in [0.3, 0.4) is 0 Å². The van der Waals surface area contributed by atoms with Crippen molar-refractivity contribution in [1.82, 2.24) is 0 Å². The maximum atomic E-state index is 6.17. The van der Waals surface area contributed by atoms with E-state index in [1.54, 1.807) is 6.08 Å². The van der Waals surface area contributed by atoms with Crippen molar-refractivity contribution in [3.05, 3.63) is 39.9 Å². The van der Waals surface area contributed by atoms with Gasteiger partial charge in [-0.1, -0.05) is 41.9 Å². The number of hydrogen-bond donors (Lipinski definition) is 0. The fourth-order valence-corrected chi connectivity index (χ4v) is 2.11. The molecule has 1 aromatic carbocycles. The molecule has 0 unspecified atom stereocenters. The van der Waals surface area contributed by atoms with Crippen molar-refractivity contribution < 1.29 is 4.43 Å². The largest absolute Gasteiger partial charge is 0.413 e. The van der Waals surface area contributed by atoms with Crippen molar-refractivity contribution in [2.24, 2.45) is 0 Å². The van der Waals surface area contributed by atoms with Crippen molar-refractivity contribution in [3.63, 3.8) is 0 Å². The highest BCUT2D eigenvalue weighted by molar-refractivity contribution is 6.48. The molecule has 4 heteroatoms. The maximum Gasteiger partial charge on any atom is 0.205 e. The lowest BCUT2D eigenvalue weighted by Gasteiger charge is -2.11. The van der Waals surface area contributed by atoms with Crippen molar-refractivity contribution in [3.8, 4) is 0 Å². The van der Waals surface area contributed by atoms with E-state index < -0.39 is 9.04 Å². The highest BCUT2D eigenvalue weighted by Gasteiger charge is 2.10. The number of halogens is 2. The summed E-state index contributed by atoms with van der Waals surface area (Å²) >= 11 is 12.2. The molecule has 0 aliphatic carbocycles. The molecule has 0 saturated carbocycles. The van der Waals surface area contributed by atoms with Gasteiger partial charge in [0.2, 0.25) is 9.04 Å². The summed E-state index contributed by atoms with van der Waals surface area (Å²) in [6.07, 6.45) is 1.71. The highest BCUT2D eigenvalue weighted by Crippen LogP contribution is 2.29. The first-order valence-corrected chi connectivity index (χ1v) is 7.75. The predicted molar refractivity (Wildman–Crippen MR) is 68.8 cm³/mol. The minimum atomic E-state index is -0.728. The molecule has 0 aliphatic heterocycles. The van der Waals surface area contributed by atoms with E-state index in [2.05, 4.69) is 19.7 Å². The van der Waals surface area contributed by atoms with E-state index >= 15 is 0 Å². The summed E-state index contributed by atoms with van der Waals surface area (Å²) in [5.41, 5.74) is 1.74. The van der Waals surface area contributed by atoms with E-state index in [1.807, 2.05) is 12.1 Å². The van der Waals surface area contributed by atoms with E-state index in [0.717, 1.165) is 11.1 Å². The molecule has 0 aromatic heterocycles. The molecular formula is C11H13Cl2OSi. The molecule has 0 spiro atoms. The SMILES string of the molecule is C=Cc1ccc(Cl)c(CO[Si](C)C)c1Cl. The second-order valence-corrected chi connectivity index (χ2v) is 6.22. The van der Waals surface area contributed by atoms with Gasteiger partial charge < -0.3 is 4.43 Å². The van der Waals surface area contributed by atoms with Gasteiger partial charge in [-0.15, -0.1) is 0 Å². The fourth-order valence-electron chi connectivity index (χ4n) is 1.12. The third-order valence-electron chi connectivity index (χ3n) is 1.94. The zero-order valence-electron chi connectivity index (χ0n) is 8.81. The quantitative estimate of drug-likeness (QED) is 0.729. The Hall–Kier alpha value is -0.283. The Morgan fingerprint density at radius 2 is 2.07 bits per heavy atom. The number of hydrogen-bond acceptors (Lipinski definition) is 1. The minimum absolute atomic E-state index is 0.473. The maximum absolute atomic E-state index is 6.17. The van der Waals surface area contributed by atoms with Crippen LogP contribution in [-0.4, -0.2) is 9.04 Å². The van der Waals surface area contributed by atoms with Gasteiger partial charge in [0.15, 0.2) is 0 Å². The van der Waals surface area contributed by atoms with Crippen LogP contribution >= 0.6 is 23.2 Å². The van der Waals surface area contributed by atoms with Gasteiger partial charge in [0.05, 0.1) is 11.6 Å². The summed E-state index contributed by atoms with van der Waals surface area (Å²) in [5, 5.41) is 1.29. The van der Waals surface area contributed by atoms with E-state index in [-0.39, 0.29) is 0 Å². The van der Waals surface area contributed by atoms with Crippen LogP contribution in [0.2, 0.25) is 23.1 Å². The molecule has 0 fully saturated rings. The van der Waals surface area contributed by atoms with Gasteiger partial charge in [0, 0.05) is 10.6 Å². The highest BCUT2D eigenvalue weighted by atomic mass is 35.5. The molecule has 1 aromatic rings. The molecule has 1 nitrogen and oxygen atoms in total. The van der Waals surface area contributed by atoms with Crippen LogP contribution in [0.15, 0.2) is 18.7 Å². The van der Waals surface area contributed by atoms with Gasteiger partial charge in [-0.3, -0.25) is 0 Å². The van der Waals surface area contributed by atoms with Gasteiger partial charge in [0.1, 0.15) is 0 Å². The molecule has 0 N–H and O–H groups in total. The fraction of sp³-hybridized carbons (Fsp3) is 0.273. The lowest BCUT2D eigenvalue weighted by atomic mass is 10.1. The summed E-state index contributed by atoms with van der Waals surface area (Å²) in [4.78, 5) is 0. The van der Waals surface area contributed by atoms with Gasteiger partial charge in [-0.25, -0.2) is 0 Å². The first-order chi connectivity index (χ1) is 7.06. The third kappa shape index (κ3) is 3.35. The Kier molecular flexibility index (Phi) is 4.86. The van der Waals surface area contributed by atoms with Crippen molar-refractivity contribution in [2.45, 2.75) is 19.7 Å². The Morgan fingerprint density at radius 1 is 1.40 bits per heavy atom. The summed E-state index contributed by atoms with van der Waals surface area (Å²) < 4.78 is 5.59. The van der Waals surface area contributed by atoms with E-state index in [0.29, 0.717) is 16.7 Å². The van der Waals surface area contributed by atoms with E-state index in [4.69, 9.17) is 27.6 Å². The Morgan fingerprint density at radius 3 is 2.60 bits per heavy atom. The molecule has 1 radical (unpaired) electrons. The molecule has 0 heterocycles. The lowest BCUT2D eigenvalue weighted by Crippen LogP contribution is -2.08. The molecule has 0 amide bonds. The number of benzene rings is 1. The number of rotatable bonds is 4. The van der Waals surface area contributed by atoms with E-state index in [1.165, 1.54) is 0 Å². The van der Waals surface area contributed by atoms with Crippen molar-refractivity contribution >= 4 is 38.3 Å². The standard InChI is InChI=1S/C11H13Cl2OSi/c1-4-8-5-6-10(12)9(11(8)13)7-14-15(2)3/h4-6H,1,7H2,2-3H3. The van der Waals surface area contributed by atoms with Crippen LogP contribution in [0, 0.1) is 0 Å².